The van der Waals surface area contributed by atoms with Crippen molar-refractivity contribution in [2.75, 3.05) is 0 Å². The van der Waals surface area contributed by atoms with Crippen LogP contribution in [0.2, 0.25) is 0 Å². The van der Waals surface area contributed by atoms with Crippen LogP contribution in [0.3, 0.4) is 0 Å². The highest BCUT2D eigenvalue weighted by atomic mass is 16.6. The molecule has 0 bridgehead atoms. The van der Waals surface area contributed by atoms with Crippen LogP contribution >= 0.6 is 0 Å². The second kappa shape index (κ2) is 6.04. The van der Waals surface area contributed by atoms with Crippen molar-refractivity contribution < 1.29 is 19.6 Å². The fraction of sp³-hybridized carbons (Fsp3) is 0.133. The predicted octanol–water partition coefficient (Wildman–Crippen LogP) is 3.43. The Hall–Kier alpha value is -2.89. The Morgan fingerprint density at radius 1 is 1.24 bits per heavy atom. The minimum absolute atomic E-state index is 0.0590. The van der Waals surface area contributed by atoms with Gasteiger partial charge in [0.1, 0.15) is 6.10 Å². The molecule has 1 N–H and O–H groups in total. The highest BCUT2D eigenvalue weighted by Crippen LogP contribution is 2.32. The Balaban J connectivity index is 2.35. The van der Waals surface area contributed by atoms with Gasteiger partial charge in [0.15, 0.2) is 5.75 Å². The van der Waals surface area contributed by atoms with E-state index in [1.54, 1.807) is 6.92 Å². The summed E-state index contributed by atoms with van der Waals surface area (Å²) < 4.78 is 5.58. The second-order valence-corrected chi connectivity index (χ2v) is 4.42. The first-order chi connectivity index (χ1) is 9.99. The van der Waals surface area contributed by atoms with Gasteiger partial charge in [-0.15, -0.1) is 0 Å². The zero-order chi connectivity index (χ0) is 15.4. The zero-order valence-corrected chi connectivity index (χ0v) is 11.2. The quantitative estimate of drug-likeness (QED) is 0.672. The fourth-order valence-electron chi connectivity index (χ4n) is 1.87. The molecule has 0 radical (unpaired) electrons. The minimum atomic E-state index is -1.16. The molecule has 2 aromatic rings. The third-order valence-electron chi connectivity index (χ3n) is 2.98. The first-order valence-corrected chi connectivity index (χ1v) is 6.22. The molecule has 2 aromatic carbocycles. The fourth-order valence-corrected chi connectivity index (χ4v) is 1.87. The third-order valence-corrected chi connectivity index (χ3v) is 2.98. The molecule has 108 valence electrons. The lowest BCUT2D eigenvalue weighted by Gasteiger charge is -2.15. The van der Waals surface area contributed by atoms with Gasteiger partial charge in [-0.1, -0.05) is 30.3 Å². The molecule has 21 heavy (non-hydrogen) atoms. The van der Waals surface area contributed by atoms with E-state index < -0.39 is 17.0 Å². The summed E-state index contributed by atoms with van der Waals surface area (Å²) >= 11 is 0. The lowest BCUT2D eigenvalue weighted by atomic mass is 10.1. The van der Waals surface area contributed by atoms with E-state index in [9.17, 15) is 14.9 Å². The van der Waals surface area contributed by atoms with Crippen LogP contribution in [0.4, 0.5) is 5.69 Å². The number of benzene rings is 2. The third kappa shape index (κ3) is 3.36. The summed E-state index contributed by atoms with van der Waals surface area (Å²) in [6, 6.07) is 12.7. The number of rotatable bonds is 5. The lowest BCUT2D eigenvalue weighted by molar-refractivity contribution is -0.386. The van der Waals surface area contributed by atoms with Crippen molar-refractivity contribution in [3.05, 3.63) is 69.8 Å². The first kappa shape index (κ1) is 14.5. The average Bonchev–Trinajstić information content (AvgIpc) is 2.47. The Morgan fingerprint density at radius 2 is 1.90 bits per heavy atom. The largest absolute Gasteiger partial charge is 0.479 e. The van der Waals surface area contributed by atoms with Gasteiger partial charge in [0.2, 0.25) is 0 Å². The molecule has 2 rings (SSSR count). The number of nitro benzene ring substituents is 1. The van der Waals surface area contributed by atoms with Crippen molar-refractivity contribution in [1.82, 2.24) is 0 Å². The summed E-state index contributed by atoms with van der Waals surface area (Å²) in [5.74, 6) is -1.22. The molecule has 0 fully saturated rings. The van der Waals surface area contributed by atoms with Crippen LogP contribution in [0.25, 0.3) is 0 Å². The Morgan fingerprint density at radius 3 is 2.48 bits per heavy atom. The van der Waals surface area contributed by atoms with Crippen LogP contribution in [-0.2, 0) is 0 Å². The molecule has 1 atom stereocenters. The average molecular weight is 287 g/mol. The van der Waals surface area contributed by atoms with Gasteiger partial charge in [0.05, 0.1) is 10.5 Å². The monoisotopic (exact) mass is 287 g/mol. The smallest absolute Gasteiger partial charge is 0.335 e. The molecular formula is C15H13NO5. The molecule has 0 aliphatic carbocycles. The van der Waals surface area contributed by atoms with Crippen LogP contribution in [0.15, 0.2) is 48.5 Å². The molecular weight excluding hydrogens is 274 g/mol. The highest BCUT2D eigenvalue weighted by Gasteiger charge is 2.20. The van der Waals surface area contributed by atoms with Crippen LogP contribution in [0.5, 0.6) is 5.75 Å². The van der Waals surface area contributed by atoms with Gasteiger partial charge in [-0.3, -0.25) is 10.1 Å². The Kier molecular flexibility index (Phi) is 4.18. The maximum atomic E-state index is 11.0. The van der Waals surface area contributed by atoms with Crippen molar-refractivity contribution >= 4 is 11.7 Å². The Bertz CT molecular complexity index is 669. The summed E-state index contributed by atoms with van der Waals surface area (Å²) in [5, 5.41) is 20.0. The summed E-state index contributed by atoms with van der Waals surface area (Å²) in [7, 11) is 0. The summed E-state index contributed by atoms with van der Waals surface area (Å²) in [6.07, 6.45) is -0.436. The van der Waals surface area contributed by atoms with Crippen LogP contribution < -0.4 is 4.74 Å². The molecule has 6 heteroatoms. The standard InChI is InChI=1S/C15H13NO5/c1-10(11-5-3-2-4-6-11)21-14-9-12(15(17)18)7-8-13(14)16(19)20/h2-10H,1H3,(H,17,18). The van der Waals surface area contributed by atoms with Gasteiger partial charge < -0.3 is 9.84 Å². The normalized spacial score (nSPS) is 11.7. The van der Waals surface area contributed by atoms with Crippen LogP contribution in [-0.4, -0.2) is 16.0 Å². The number of carboxylic acid groups (broad SMARTS) is 1. The van der Waals surface area contributed by atoms with Crippen molar-refractivity contribution in [2.45, 2.75) is 13.0 Å². The van der Waals surface area contributed by atoms with E-state index in [0.717, 1.165) is 11.6 Å². The van der Waals surface area contributed by atoms with E-state index >= 15 is 0 Å². The molecule has 6 nitrogen and oxygen atoms in total. The second-order valence-electron chi connectivity index (χ2n) is 4.42. The molecule has 0 spiro atoms. The van der Waals surface area contributed by atoms with Crippen molar-refractivity contribution in [3.8, 4) is 5.75 Å². The van der Waals surface area contributed by atoms with Crippen molar-refractivity contribution in [3.63, 3.8) is 0 Å². The molecule has 0 aromatic heterocycles. The number of ether oxygens (including phenoxy) is 1. The van der Waals surface area contributed by atoms with Crippen LogP contribution in [0, 0.1) is 10.1 Å². The van der Waals surface area contributed by atoms with Gasteiger partial charge in [-0.2, -0.15) is 0 Å². The van der Waals surface area contributed by atoms with E-state index in [2.05, 4.69) is 0 Å². The first-order valence-electron chi connectivity index (χ1n) is 6.22. The van der Waals surface area contributed by atoms with Gasteiger partial charge in [-0.05, 0) is 18.6 Å². The molecule has 0 saturated heterocycles. The number of hydrogen-bond donors (Lipinski definition) is 1. The summed E-state index contributed by atoms with van der Waals surface area (Å²) in [5.41, 5.74) is 0.520. The number of carbonyl (C=O) groups is 1. The molecule has 0 heterocycles. The summed E-state index contributed by atoms with van der Waals surface area (Å²) in [4.78, 5) is 21.4. The molecule has 1 unspecified atom stereocenters. The maximum absolute atomic E-state index is 11.0. The van der Waals surface area contributed by atoms with E-state index in [0.29, 0.717) is 0 Å². The topological polar surface area (TPSA) is 89.7 Å². The van der Waals surface area contributed by atoms with Gasteiger partial charge in [0.25, 0.3) is 0 Å². The Labute approximate surface area is 120 Å². The number of hydrogen-bond acceptors (Lipinski definition) is 4. The SMILES string of the molecule is CC(Oc1cc(C(=O)O)ccc1[N+](=O)[O-])c1ccccc1. The van der Waals surface area contributed by atoms with E-state index in [4.69, 9.17) is 9.84 Å². The lowest BCUT2D eigenvalue weighted by Crippen LogP contribution is -2.06. The number of carboxylic acids is 1. The minimum Gasteiger partial charge on any atom is -0.479 e. The zero-order valence-electron chi connectivity index (χ0n) is 11.2. The number of nitrogens with zero attached hydrogens (tertiary/aromatic N) is 1. The van der Waals surface area contributed by atoms with E-state index in [-0.39, 0.29) is 17.0 Å². The van der Waals surface area contributed by atoms with Crippen molar-refractivity contribution in [2.24, 2.45) is 0 Å². The number of aromatic carboxylic acids is 1. The predicted molar refractivity (Wildman–Crippen MR) is 75.5 cm³/mol. The van der Waals surface area contributed by atoms with Crippen LogP contribution in [0.1, 0.15) is 28.9 Å². The molecule has 0 saturated carbocycles. The van der Waals surface area contributed by atoms with E-state index in [1.165, 1.54) is 12.1 Å². The highest BCUT2D eigenvalue weighted by molar-refractivity contribution is 5.88. The van der Waals surface area contributed by atoms with Gasteiger partial charge >= 0.3 is 11.7 Å². The van der Waals surface area contributed by atoms with Gasteiger partial charge in [-0.25, -0.2) is 4.79 Å². The summed E-state index contributed by atoms with van der Waals surface area (Å²) in [6.45, 7) is 1.74. The van der Waals surface area contributed by atoms with Gasteiger partial charge in [0, 0.05) is 12.1 Å². The van der Waals surface area contributed by atoms with E-state index in [1.807, 2.05) is 30.3 Å². The number of nitro groups is 1. The molecule has 0 aliphatic heterocycles. The molecule has 0 aliphatic rings. The molecule has 0 amide bonds. The van der Waals surface area contributed by atoms with Crippen molar-refractivity contribution in [1.29, 1.82) is 0 Å². The maximum Gasteiger partial charge on any atom is 0.335 e.